The third-order valence-corrected chi connectivity index (χ3v) is 2.59. The summed E-state index contributed by atoms with van der Waals surface area (Å²) in [4.78, 5) is 11.7. The van der Waals surface area contributed by atoms with Gasteiger partial charge in [0.15, 0.2) is 11.6 Å². The summed E-state index contributed by atoms with van der Waals surface area (Å²) in [7, 11) is 1.47. The predicted molar refractivity (Wildman–Crippen MR) is 57.5 cm³/mol. The highest BCUT2D eigenvalue weighted by Gasteiger charge is 2.30. The molecule has 0 saturated carbocycles. The Morgan fingerprint density at radius 2 is 2.35 bits per heavy atom. The van der Waals surface area contributed by atoms with Crippen LogP contribution in [0.3, 0.4) is 0 Å². The average molecular weight is 240 g/mol. The summed E-state index contributed by atoms with van der Waals surface area (Å²) >= 11 is 0. The first-order chi connectivity index (χ1) is 8.17. The van der Waals surface area contributed by atoms with Crippen LogP contribution in [0.1, 0.15) is 22.8 Å². The van der Waals surface area contributed by atoms with Crippen molar-refractivity contribution in [1.82, 2.24) is 0 Å². The van der Waals surface area contributed by atoms with Crippen LogP contribution in [-0.4, -0.2) is 26.0 Å². The third-order valence-electron chi connectivity index (χ3n) is 2.59. The molecule has 1 atom stereocenters. The lowest BCUT2D eigenvalue weighted by molar-refractivity contribution is -0.0383. The number of hydrogen-bond acceptors (Lipinski definition) is 4. The molecule has 17 heavy (non-hydrogen) atoms. The quantitative estimate of drug-likeness (QED) is 0.757. The van der Waals surface area contributed by atoms with E-state index in [1.807, 2.05) is 0 Å². The van der Waals surface area contributed by atoms with Crippen LogP contribution in [0.25, 0.3) is 0 Å². The SMILES string of the molecule is CCOC(=O)c1ccc(F)c2c1C[C@H](OC)O2. The Hall–Kier alpha value is -1.62. The lowest BCUT2D eigenvalue weighted by Crippen LogP contribution is -2.15. The van der Waals surface area contributed by atoms with Gasteiger partial charge in [-0.2, -0.15) is 0 Å². The van der Waals surface area contributed by atoms with E-state index in [-0.39, 0.29) is 12.4 Å². The number of carbonyl (C=O) groups excluding carboxylic acids is 1. The first-order valence-corrected chi connectivity index (χ1v) is 5.35. The summed E-state index contributed by atoms with van der Waals surface area (Å²) in [6, 6.07) is 2.61. The Kier molecular flexibility index (Phi) is 3.28. The van der Waals surface area contributed by atoms with E-state index >= 15 is 0 Å². The van der Waals surface area contributed by atoms with Gasteiger partial charge in [-0.1, -0.05) is 0 Å². The van der Waals surface area contributed by atoms with E-state index in [1.54, 1.807) is 6.92 Å². The average Bonchev–Trinajstić information content (AvgIpc) is 2.74. The molecule has 5 heteroatoms. The van der Waals surface area contributed by atoms with Crippen molar-refractivity contribution in [2.45, 2.75) is 19.6 Å². The molecule has 0 fully saturated rings. The standard InChI is InChI=1S/C12H13FO4/c1-3-16-12(14)7-4-5-9(13)11-8(7)6-10(15-2)17-11/h4-5,10H,3,6H2,1-2H3/t10-/m1/s1. The molecule has 1 aliphatic heterocycles. The van der Waals surface area contributed by atoms with Crippen molar-refractivity contribution >= 4 is 5.97 Å². The molecule has 1 aromatic carbocycles. The van der Waals surface area contributed by atoms with E-state index in [2.05, 4.69) is 0 Å². The third kappa shape index (κ3) is 2.10. The van der Waals surface area contributed by atoms with Crippen molar-refractivity contribution in [3.05, 3.63) is 29.1 Å². The number of halogens is 1. The van der Waals surface area contributed by atoms with Crippen molar-refractivity contribution in [3.63, 3.8) is 0 Å². The largest absolute Gasteiger partial charge is 0.462 e. The highest BCUT2D eigenvalue weighted by Crippen LogP contribution is 2.34. The molecule has 1 aromatic rings. The van der Waals surface area contributed by atoms with Crippen molar-refractivity contribution < 1.29 is 23.4 Å². The van der Waals surface area contributed by atoms with E-state index in [0.29, 0.717) is 17.5 Å². The normalized spacial score (nSPS) is 17.5. The number of hydrogen-bond donors (Lipinski definition) is 0. The zero-order chi connectivity index (χ0) is 12.4. The smallest absolute Gasteiger partial charge is 0.338 e. The monoisotopic (exact) mass is 240 g/mol. The number of fused-ring (bicyclic) bond motifs is 1. The lowest BCUT2D eigenvalue weighted by atomic mass is 10.0. The van der Waals surface area contributed by atoms with Gasteiger partial charge in [-0.25, -0.2) is 9.18 Å². The van der Waals surface area contributed by atoms with Crippen LogP contribution in [0.2, 0.25) is 0 Å². The number of ether oxygens (including phenoxy) is 3. The maximum Gasteiger partial charge on any atom is 0.338 e. The molecule has 1 aliphatic rings. The van der Waals surface area contributed by atoms with Crippen LogP contribution < -0.4 is 4.74 Å². The van der Waals surface area contributed by atoms with Crippen molar-refractivity contribution in [2.75, 3.05) is 13.7 Å². The Balaban J connectivity index is 2.38. The van der Waals surface area contributed by atoms with Crippen LogP contribution in [0.15, 0.2) is 12.1 Å². The minimum absolute atomic E-state index is 0.0856. The second-order valence-electron chi connectivity index (χ2n) is 3.61. The highest BCUT2D eigenvalue weighted by atomic mass is 19.1. The summed E-state index contributed by atoms with van der Waals surface area (Å²) < 4.78 is 28.7. The molecular formula is C12H13FO4. The van der Waals surface area contributed by atoms with E-state index in [1.165, 1.54) is 19.2 Å². The number of benzene rings is 1. The van der Waals surface area contributed by atoms with Crippen molar-refractivity contribution in [2.24, 2.45) is 0 Å². The summed E-state index contributed by atoms with van der Waals surface area (Å²) in [5.74, 6) is -0.876. The zero-order valence-electron chi connectivity index (χ0n) is 9.66. The summed E-state index contributed by atoms with van der Waals surface area (Å²) in [5, 5.41) is 0. The fourth-order valence-electron chi connectivity index (χ4n) is 1.80. The highest BCUT2D eigenvalue weighted by molar-refractivity contribution is 5.92. The minimum atomic E-state index is -0.546. The lowest BCUT2D eigenvalue weighted by Gasteiger charge is -2.07. The molecule has 0 N–H and O–H groups in total. The molecule has 0 aromatic heterocycles. The fraction of sp³-hybridized carbons (Fsp3) is 0.417. The van der Waals surface area contributed by atoms with Crippen LogP contribution >= 0.6 is 0 Å². The van der Waals surface area contributed by atoms with Gasteiger partial charge in [0.25, 0.3) is 0 Å². The zero-order valence-corrected chi connectivity index (χ0v) is 9.66. The molecule has 4 nitrogen and oxygen atoms in total. The molecule has 1 heterocycles. The van der Waals surface area contributed by atoms with E-state index in [4.69, 9.17) is 14.2 Å². The van der Waals surface area contributed by atoms with Gasteiger partial charge in [-0.3, -0.25) is 0 Å². The minimum Gasteiger partial charge on any atom is -0.462 e. The topological polar surface area (TPSA) is 44.8 Å². The maximum absolute atomic E-state index is 13.5. The van der Waals surface area contributed by atoms with Crippen LogP contribution in [0.5, 0.6) is 5.75 Å². The van der Waals surface area contributed by atoms with Crippen LogP contribution in [0.4, 0.5) is 4.39 Å². The van der Waals surface area contributed by atoms with Gasteiger partial charge in [-0.05, 0) is 19.1 Å². The van der Waals surface area contributed by atoms with E-state index < -0.39 is 18.1 Å². The molecule has 0 radical (unpaired) electrons. The fourth-order valence-corrected chi connectivity index (χ4v) is 1.80. The second-order valence-corrected chi connectivity index (χ2v) is 3.61. The van der Waals surface area contributed by atoms with Gasteiger partial charge in [0, 0.05) is 19.1 Å². The van der Waals surface area contributed by atoms with Gasteiger partial charge in [-0.15, -0.1) is 0 Å². The maximum atomic E-state index is 13.5. The molecule has 0 saturated heterocycles. The van der Waals surface area contributed by atoms with Crippen molar-refractivity contribution in [3.8, 4) is 5.75 Å². The summed E-state index contributed by atoms with van der Waals surface area (Å²) in [6.07, 6.45) is -0.201. The number of esters is 1. The number of methoxy groups -OCH3 is 1. The Morgan fingerprint density at radius 1 is 1.59 bits per heavy atom. The second kappa shape index (κ2) is 4.71. The van der Waals surface area contributed by atoms with Gasteiger partial charge < -0.3 is 14.2 Å². The molecule has 0 spiro atoms. The molecule has 0 unspecified atom stereocenters. The van der Waals surface area contributed by atoms with Gasteiger partial charge in [0.2, 0.25) is 6.29 Å². The first kappa shape index (κ1) is 11.9. The molecule has 2 rings (SSSR count). The van der Waals surface area contributed by atoms with Crippen LogP contribution in [-0.2, 0) is 15.9 Å². The van der Waals surface area contributed by atoms with Gasteiger partial charge >= 0.3 is 5.97 Å². The molecule has 92 valence electrons. The van der Waals surface area contributed by atoms with E-state index in [0.717, 1.165) is 0 Å². The molecule has 0 aliphatic carbocycles. The summed E-state index contributed by atoms with van der Waals surface area (Å²) in [5.41, 5.74) is 0.845. The number of carbonyl (C=O) groups is 1. The molecular weight excluding hydrogens is 227 g/mol. The van der Waals surface area contributed by atoms with Crippen molar-refractivity contribution in [1.29, 1.82) is 0 Å². The molecule has 0 bridgehead atoms. The Labute approximate surface area is 98.3 Å². The Morgan fingerprint density at radius 3 is 3.00 bits per heavy atom. The predicted octanol–water partition coefficient (Wildman–Crippen LogP) is 1.91. The summed E-state index contributed by atoms with van der Waals surface area (Å²) in [6.45, 7) is 2.00. The van der Waals surface area contributed by atoms with E-state index in [9.17, 15) is 9.18 Å². The van der Waals surface area contributed by atoms with Crippen LogP contribution in [0, 0.1) is 5.82 Å². The number of rotatable bonds is 3. The molecule has 0 amide bonds. The first-order valence-electron chi connectivity index (χ1n) is 5.35. The Bertz CT molecular complexity index is 444. The van der Waals surface area contributed by atoms with Gasteiger partial charge in [0.05, 0.1) is 12.2 Å². The van der Waals surface area contributed by atoms with Gasteiger partial charge in [0.1, 0.15) is 0 Å².